The number of H-pyrrole nitrogens is 1. The molecule has 3 aromatic heterocycles. The Balaban J connectivity index is 1.15. The summed E-state index contributed by atoms with van der Waals surface area (Å²) in [5, 5.41) is 24.0. The monoisotopic (exact) mass is 687 g/mol. The molecular formula is C34H39ClFN11O2. The molecule has 4 aliphatic heterocycles. The molecule has 7 heterocycles. The number of hydrogen-bond acceptors (Lipinski definition) is 10. The number of halogens is 2. The number of nitrogens with zero attached hydrogens (tertiary/aromatic N) is 10. The lowest BCUT2D eigenvalue weighted by Gasteiger charge is -2.42. The molecule has 1 N–H and O–H groups in total. The highest BCUT2D eigenvalue weighted by atomic mass is 35.5. The van der Waals surface area contributed by atoms with Gasteiger partial charge >= 0.3 is 6.01 Å². The van der Waals surface area contributed by atoms with Crippen LogP contribution in [0.4, 0.5) is 16.0 Å². The summed E-state index contributed by atoms with van der Waals surface area (Å²) in [6, 6.07) is 6.73. The molecule has 4 aromatic rings. The zero-order valence-corrected chi connectivity index (χ0v) is 28.7. The second-order valence-corrected chi connectivity index (χ2v) is 14.4. The van der Waals surface area contributed by atoms with Crippen LogP contribution in [0.5, 0.6) is 6.01 Å². The maximum absolute atomic E-state index is 14.6. The summed E-state index contributed by atoms with van der Waals surface area (Å²) in [5.41, 5.74) is 4.29. The predicted octanol–water partition coefficient (Wildman–Crippen LogP) is 4.05. The molecule has 0 bridgehead atoms. The van der Waals surface area contributed by atoms with Crippen molar-refractivity contribution >= 4 is 40.0 Å². The first-order valence-electron chi connectivity index (χ1n) is 16.9. The van der Waals surface area contributed by atoms with Crippen molar-refractivity contribution in [3.63, 3.8) is 0 Å². The summed E-state index contributed by atoms with van der Waals surface area (Å²) >= 11 is 6.80. The summed E-state index contributed by atoms with van der Waals surface area (Å²) in [5.74, 6) is 0.909. The largest absolute Gasteiger partial charge is 0.461 e. The third kappa shape index (κ3) is 5.34. The lowest BCUT2D eigenvalue weighted by atomic mass is 9.86. The number of ether oxygens (including phenoxy) is 1. The number of carbonyl (C=O) groups is 1. The molecule has 3 fully saturated rings. The van der Waals surface area contributed by atoms with Crippen LogP contribution < -0.4 is 14.5 Å². The number of aryl methyl sites for hydroxylation is 2. The van der Waals surface area contributed by atoms with Crippen LogP contribution in [-0.4, -0.2) is 111 Å². The highest BCUT2D eigenvalue weighted by Crippen LogP contribution is 2.42. The van der Waals surface area contributed by atoms with E-state index in [4.69, 9.17) is 26.3 Å². The average molecular weight is 688 g/mol. The molecule has 0 spiro atoms. The summed E-state index contributed by atoms with van der Waals surface area (Å²) in [6.07, 6.45) is 3.97. The van der Waals surface area contributed by atoms with Crippen LogP contribution in [-0.2, 0) is 13.1 Å². The van der Waals surface area contributed by atoms with Gasteiger partial charge in [-0.05, 0) is 49.9 Å². The molecule has 2 atom stereocenters. The van der Waals surface area contributed by atoms with Crippen LogP contribution in [0.15, 0.2) is 18.3 Å². The van der Waals surface area contributed by atoms with E-state index < -0.39 is 6.17 Å². The van der Waals surface area contributed by atoms with Crippen LogP contribution in [0.3, 0.4) is 0 Å². The summed E-state index contributed by atoms with van der Waals surface area (Å²) in [7, 11) is 3.33. The molecule has 256 valence electrons. The number of amides is 1. The molecule has 1 amide bonds. The van der Waals surface area contributed by atoms with Crippen LogP contribution in [0.2, 0.25) is 5.02 Å². The van der Waals surface area contributed by atoms with Gasteiger partial charge < -0.3 is 19.4 Å². The third-order valence-corrected chi connectivity index (χ3v) is 11.1. The smallest absolute Gasteiger partial charge is 0.320 e. The van der Waals surface area contributed by atoms with E-state index in [0.29, 0.717) is 80.0 Å². The number of nitrogens with one attached hydrogen (secondary N) is 1. The summed E-state index contributed by atoms with van der Waals surface area (Å²) in [6.45, 7) is 6.41. The second kappa shape index (κ2) is 12.1. The Morgan fingerprint density at radius 3 is 2.73 bits per heavy atom. The molecule has 15 heteroatoms. The van der Waals surface area contributed by atoms with Gasteiger partial charge in [0.1, 0.15) is 24.4 Å². The van der Waals surface area contributed by atoms with Gasteiger partial charge in [-0.3, -0.25) is 19.5 Å². The minimum atomic E-state index is -0.881. The van der Waals surface area contributed by atoms with Gasteiger partial charge in [0, 0.05) is 64.5 Å². The molecule has 0 aliphatic carbocycles. The first-order chi connectivity index (χ1) is 23.7. The van der Waals surface area contributed by atoms with E-state index in [1.807, 2.05) is 17.2 Å². The first kappa shape index (κ1) is 31.8. The lowest BCUT2D eigenvalue weighted by Crippen LogP contribution is -2.46. The van der Waals surface area contributed by atoms with Gasteiger partial charge in [0.05, 0.1) is 34.5 Å². The third-order valence-electron chi connectivity index (χ3n) is 10.7. The maximum atomic E-state index is 14.6. The number of hydrogen-bond donors (Lipinski definition) is 1. The summed E-state index contributed by atoms with van der Waals surface area (Å²) in [4.78, 5) is 30.4. The molecule has 0 unspecified atom stereocenters. The topological polar surface area (TPSA) is 135 Å². The van der Waals surface area contributed by atoms with Gasteiger partial charge in [0.15, 0.2) is 17.3 Å². The van der Waals surface area contributed by atoms with Crippen molar-refractivity contribution in [3.8, 4) is 12.1 Å². The van der Waals surface area contributed by atoms with Crippen molar-refractivity contribution < 1.29 is 13.9 Å². The van der Waals surface area contributed by atoms with E-state index in [2.05, 4.69) is 44.2 Å². The Kier molecular flexibility index (Phi) is 7.87. The Hall–Kier alpha value is -4.48. The summed E-state index contributed by atoms with van der Waals surface area (Å²) < 4.78 is 22.8. The van der Waals surface area contributed by atoms with Crippen molar-refractivity contribution in [2.24, 2.45) is 0 Å². The fourth-order valence-corrected chi connectivity index (χ4v) is 8.50. The van der Waals surface area contributed by atoms with Crippen LogP contribution in [0.25, 0.3) is 10.9 Å². The van der Waals surface area contributed by atoms with E-state index in [9.17, 15) is 14.4 Å². The zero-order valence-electron chi connectivity index (χ0n) is 27.9. The standard InChI is InChI=1S/C34H39ClFN11O2/c1-20-6-7-25-24(14-38-41-25)27(20)21-15-45(16-21)31-23(13-37)30(39-33(40-31)49-19-34-8-4-10-46(34)17-22(36)12-34)44-9-5-11-47-26(18-44)28(35)29(42-47)32(48)43(2)3/h6-7,14,21-22H,4-5,8-12,15-19H2,1-3H3,(H,38,41)/t22-,34+/m1/s1. The Morgan fingerprint density at radius 2 is 1.96 bits per heavy atom. The van der Waals surface area contributed by atoms with Crippen molar-refractivity contribution in [1.82, 2.24) is 39.7 Å². The number of anilines is 2. The molecule has 3 saturated heterocycles. The van der Waals surface area contributed by atoms with Gasteiger partial charge in [-0.25, -0.2) is 4.39 Å². The minimum Gasteiger partial charge on any atom is -0.461 e. The minimum absolute atomic E-state index is 0.163. The number of carbonyl (C=O) groups excluding carboxylic acids is 1. The highest BCUT2D eigenvalue weighted by Gasteiger charge is 2.49. The second-order valence-electron chi connectivity index (χ2n) is 14.0. The molecule has 13 nitrogen and oxygen atoms in total. The average Bonchev–Trinajstić information content (AvgIpc) is 3.79. The van der Waals surface area contributed by atoms with Crippen molar-refractivity contribution in [2.75, 3.05) is 63.2 Å². The fraction of sp³-hybridized carbons (Fsp3) is 0.529. The molecule has 0 radical (unpaired) electrons. The number of aromatic nitrogens is 6. The number of benzene rings is 1. The predicted molar refractivity (Wildman–Crippen MR) is 182 cm³/mol. The van der Waals surface area contributed by atoms with E-state index in [1.165, 1.54) is 16.0 Å². The van der Waals surface area contributed by atoms with Gasteiger partial charge in [-0.1, -0.05) is 17.7 Å². The van der Waals surface area contributed by atoms with Crippen LogP contribution >= 0.6 is 11.6 Å². The number of rotatable bonds is 7. The zero-order chi connectivity index (χ0) is 34.0. The molecular weight excluding hydrogens is 649 g/mol. The molecule has 4 aliphatic rings. The molecule has 8 rings (SSSR count). The number of aromatic amines is 1. The van der Waals surface area contributed by atoms with Crippen LogP contribution in [0.1, 0.15) is 64.5 Å². The molecule has 0 saturated carbocycles. The Labute approximate surface area is 288 Å². The Morgan fingerprint density at radius 1 is 1.16 bits per heavy atom. The normalized spacial score (nSPS) is 22.5. The number of fused-ring (bicyclic) bond motifs is 3. The van der Waals surface area contributed by atoms with Crippen molar-refractivity contribution in [3.05, 3.63) is 51.4 Å². The SMILES string of the molecule is Cc1ccc2[nH]ncc2c1C1CN(c2nc(OC[C@@]34CCCN3C[C@H](F)C4)nc(N3CCCn4nc(C(=O)N(C)C)c(Cl)c4C3)c2C#N)C1. The van der Waals surface area contributed by atoms with Crippen LogP contribution in [0, 0.1) is 18.3 Å². The van der Waals surface area contributed by atoms with E-state index in [0.717, 1.165) is 30.3 Å². The van der Waals surface area contributed by atoms with E-state index in [1.54, 1.807) is 18.8 Å². The van der Waals surface area contributed by atoms with E-state index >= 15 is 0 Å². The van der Waals surface area contributed by atoms with E-state index in [-0.39, 0.29) is 35.7 Å². The first-order valence-corrected chi connectivity index (χ1v) is 17.3. The number of nitriles is 1. The molecule has 49 heavy (non-hydrogen) atoms. The fourth-order valence-electron chi connectivity index (χ4n) is 8.22. The van der Waals surface area contributed by atoms with Gasteiger partial charge in [0.2, 0.25) is 0 Å². The number of alkyl halides is 1. The van der Waals surface area contributed by atoms with Gasteiger partial charge in [0.25, 0.3) is 5.91 Å². The lowest BCUT2D eigenvalue weighted by molar-refractivity contribution is 0.0821. The van der Waals surface area contributed by atoms with Gasteiger partial charge in [-0.2, -0.15) is 25.4 Å². The van der Waals surface area contributed by atoms with Crippen molar-refractivity contribution in [1.29, 1.82) is 5.26 Å². The van der Waals surface area contributed by atoms with Gasteiger partial charge in [-0.15, -0.1) is 0 Å². The Bertz CT molecular complexity index is 1980. The maximum Gasteiger partial charge on any atom is 0.320 e. The highest BCUT2D eigenvalue weighted by molar-refractivity contribution is 6.34. The quantitative estimate of drug-likeness (QED) is 0.303. The molecule has 1 aromatic carbocycles. The van der Waals surface area contributed by atoms with Crippen molar-refractivity contribution in [2.45, 2.75) is 63.3 Å².